The summed E-state index contributed by atoms with van der Waals surface area (Å²) in [5.41, 5.74) is 3.23. The van der Waals surface area contributed by atoms with Crippen LogP contribution < -0.4 is 5.32 Å². The molecule has 2 heterocycles. The molecule has 3 rings (SSSR count). The van der Waals surface area contributed by atoms with E-state index in [0.29, 0.717) is 17.2 Å². The third-order valence-corrected chi connectivity index (χ3v) is 3.48. The molecule has 0 amide bonds. The second-order valence-electron chi connectivity index (χ2n) is 4.92. The number of carbonyl (C=O) groups excluding carboxylic acids is 1. The lowest BCUT2D eigenvalue weighted by Crippen LogP contribution is -2.29. The predicted octanol–water partition coefficient (Wildman–Crippen LogP) is 1.44. The monoisotopic (exact) mass is 285 g/mol. The number of ether oxygens (including phenoxy) is 1. The molecule has 0 saturated carbocycles. The van der Waals surface area contributed by atoms with Crippen molar-refractivity contribution >= 4 is 11.9 Å². The van der Waals surface area contributed by atoms with Crippen molar-refractivity contribution in [3.63, 3.8) is 0 Å². The number of aromatic nitrogens is 4. The van der Waals surface area contributed by atoms with E-state index in [1.807, 2.05) is 38.1 Å². The number of nitrogens with zero attached hydrogens (tertiary/aromatic N) is 4. The summed E-state index contributed by atoms with van der Waals surface area (Å²) in [5.74, 6) is 0.110. The highest BCUT2D eigenvalue weighted by atomic mass is 16.5. The Labute approximate surface area is 121 Å². The van der Waals surface area contributed by atoms with E-state index in [1.165, 1.54) is 7.11 Å². The van der Waals surface area contributed by atoms with Crippen molar-refractivity contribution in [3.8, 4) is 0 Å². The lowest BCUT2D eigenvalue weighted by Gasteiger charge is -2.27. The quantitative estimate of drug-likeness (QED) is 0.841. The van der Waals surface area contributed by atoms with Crippen LogP contribution >= 0.6 is 0 Å². The molecule has 1 N–H and O–H groups in total. The van der Waals surface area contributed by atoms with Crippen LogP contribution in [0.5, 0.6) is 0 Å². The molecule has 7 nitrogen and oxygen atoms in total. The van der Waals surface area contributed by atoms with E-state index in [0.717, 1.165) is 11.1 Å². The van der Waals surface area contributed by atoms with E-state index in [2.05, 4.69) is 20.8 Å². The first kappa shape index (κ1) is 13.3. The Bertz CT molecular complexity index is 734. The summed E-state index contributed by atoms with van der Waals surface area (Å²) in [6.07, 6.45) is 0. The Morgan fingerprint density at radius 2 is 2.19 bits per heavy atom. The van der Waals surface area contributed by atoms with Gasteiger partial charge in [0.2, 0.25) is 5.95 Å². The Kier molecular flexibility index (Phi) is 3.17. The van der Waals surface area contributed by atoms with Crippen molar-refractivity contribution in [3.05, 3.63) is 46.7 Å². The van der Waals surface area contributed by atoms with Gasteiger partial charge in [-0.25, -0.2) is 4.79 Å². The number of hydrogen-bond donors (Lipinski definition) is 1. The zero-order chi connectivity index (χ0) is 15.0. The highest BCUT2D eigenvalue weighted by molar-refractivity contribution is 5.92. The number of benzene rings is 1. The summed E-state index contributed by atoms with van der Waals surface area (Å²) >= 11 is 0. The van der Waals surface area contributed by atoms with Crippen molar-refractivity contribution in [1.82, 2.24) is 20.2 Å². The number of nitrogens with one attached hydrogen (secondary N) is 1. The Balaban J connectivity index is 2.20. The molecule has 0 fully saturated rings. The second-order valence-corrected chi connectivity index (χ2v) is 4.92. The van der Waals surface area contributed by atoms with Crippen molar-refractivity contribution in [2.24, 2.45) is 0 Å². The van der Waals surface area contributed by atoms with Crippen LogP contribution in [0.3, 0.4) is 0 Å². The number of allylic oxidation sites excluding steroid dienone is 1. The zero-order valence-corrected chi connectivity index (χ0v) is 12.0. The molecule has 0 aliphatic carbocycles. The number of carbonyl (C=O) groups is 1. The van der Waals surface area contributed by atoms with Gasteiger partial charge in [-0.3, -0.25) is 0 Å². The maximum absolute atomic E-state index is 12.2. The van der Waals surface area contributed by atoms with Crippen LogP contribution in [-0.2, 0) is 9.53 Å². The van der Waals surface area contributed by atoms with Crippen molar-refractivity contribution < 1.29 is 9.53 Å². The van der Waals surface area contributed by atoms with Crippen molar-refractivity contribution in [2.75, 3.05) is 12.4 Å². The van der Waals surface area contributed by atoms with Gasteiger partial charge in [-0.1, -0.05) is 34.9 Å². The van der Waals surface area contributed by atoms with Gasteiger partial charge >= 0.3 is 5.97 Å². The summed E-state index contributed by atoms with van der Waals surface area (Å²) in [6.45, 7) is 3.81. The van der Waals surface area contributed by atoms with Gasteiger partial charge in [0.25, 0.3) is 0 Å². The first-order valence-electron chi connectivity index (χ1n) is 6.52. The van der Waals surface area contributed by atoms with Gasteiger partial charge in [-0.05, 0) is 29.8 Å². The molecule has 7 heteroatoms. The predicted molar refractivity (Wildman–Crippen MR) is 75.5 cm³/mol. The number of hydrogen-bond acceptors (Lipinski definition) is 6. The molecular weight excluding hydrogens is 270 g/mol. The molecule has 0 bridgehead atoms. The smallest absolute Gasteiger partial charge is 0.338 e. The summed E-state index contributed by atoms with van der Waals surface area (Å²) in [4.78, 5) is 12.2. The zero-order valence-electron chi connectivity index (χ0n) is 12.0. The van der Waals surface area contributed by atoms with Crippen LogP contribution in [0.1, 0.15) is 24.1 Å². The van der Waals surface area contributed by atoms with Crippen LogP contribution in [0, 0.1) is 6.92 Å². The Morgan fingerprint density at radius 3 is 2.90 bits per heavy atom. The number of tetrazole rings is 1. The first-order chi connectivity index (χ1) is 10.1. The normalized spacial score (nSPS) is 17.2. The second kappa shape index (κ2) is 5.01. The van der Waals surface area contributed by atoms with Crippen LogP contribution in [0.4, 0.5) is 5.95 Å². The molecule has 1 aromatic heterocycles. The van der Waals surface area contributed by atoms with Gasteiger partial charge in [0, 0.05) is 5.70 Å². The maximum atomic E-state index is 12.2. The fourth-order valence-electron chi connectivity index (χ4n) is 2.53. The molecule has 0 spiro atoms. The van der Waals surface area contributed by atoms with Crippen molar-refractivity contribution in [2.45, 2.75) is 19.9 Å². The van der Waals surface area contributed by atoms with E-state index in [9.17, 15) is 4.79 Å². The topological polar surface area (TPSA) is 81.9 Å². The van der Waals surface area contributed by atoms with Crippen molar-refractivity contribution in [1.29, 1.82) is 0 Å². The van der Waals surface area contributed by atoms with Gasteiger partial charge in [0.1, 0.15) is 6.04 Å². The van der Waals surface area contributed by atoms with Crippen LogP contribution in [0.15, 0.2) is 35.5 Å². The van der Waals surface area contributed by atoms with Crippen LogP contribution in [-0.4, -0.2) is 33.3 Å². The average Bonchev–Trinajstić information content (AvgIpc) is 2.92. The van der Waals surface area contributed by atoms with E-state index in [1.54, 1.807) is 4.68 Å². The third kappa shape index (κ3) is 2.16. The number of fused-ring (bicyclic) bond motifs is 1. The highest BCUT2D eigenvalue weighted by Crippen LogP contribution is 2.34. The molecule has 0 radical (unpaired) electrons. The van der Waals surface area contributed by atoms with Gasteiger partial charge < -0.3 is 10.1 Å². The number of esters is 1. The summed E-state index contributed by atoms with van der Waals surface area (Å²) < 4.78 is 6.51. The molecule has 1 aliphatic heterocycles. The lowest BCUT2D eigenvalue weighted by molar-refractivity contribution is -0.136. The average molecular weight is 285 g/mol. The Hall–Kier alpha value is -2.70. The molecule has 1 atom stereocenters. The Morgan fingerprint density at radius 1 is 1.38 bits per heavy atom. The van der Waals surface area contributed by atoms with Crippen LogP contribution in [0.25, 0.3) is 0 Å². The molecular formula is C14H15N5O2. The van der Waals surface area contributed by atoms with Gasteiger partial charge in [0.15, 0.2) is 0 Å². The largest absolute Gasteiger partial charge is 0.466 e. The van der Waals surface area contributed by atoms with E-state index in [-0.39, 0.29) is 0 Å². The summed E-state index contributed by atoms with van der Waals surface area (Å²) in [6, 6.07) is 7.51. The fraction of sp³-hybridized carbons (Fsp3) is 0.286. The lowest BCUT2D eigenvalue weighted by atomic mass is 9.95. The summed E-state index contributed by atoms with van der Waals surface area (Å²) in [5, 5.41) is 14.6. The molecule has 1 aromatic carbocycles. The molecule has 21 heavy (non-hydrogen) atoms. The highest BCUT2D eigenvalue weighted by Gasteiger charge is 2.34. The minimum Gasteiger partial charge on any atom is -0.466 e. The van der Waals surface area contributed by atoms with Gasteiger partial charge in [-0.15, -0.1) is 0 Å². The molecule has 0 saturated heterocycles. The van der Waals surface area contributed by atoms with Crippen LogP contribution in [0.2, 0.25) is 0 Å². The number of aryl methyl sites for hydroxylation is 1. The van der Waals surface area contributed by atoms with E-state index >= 15 is 0 Å². The molecule has 0 unspecified atom stereocenters. The number of methoxy groups -OCH3 is 1. The fourth-order valence-corrected chi connectivity index (χ4v) is 2.53. The molecule has 2 aromatic rings. The van der Waals surface area contributed by atoms with E-state index < -0.39 is 12.0 Å². The summed E-state index contributed by atoms with van der Waals surface area (Å²) in [7, 11) is 1.37. The minimum absolute atomic E-state index is 0.396. The molecule has 108 valence electrons. The maximum Gasteiger partial charge on any atom is 0.338 e. The van der Waals surface area contributed by atoms with Gasteiger partial charge in [0.05, 0.1) is 12.7 Å². The van der Waals surface area contributed by atoms with Gasteiger partial charge in [-0.2, -0.15) is 4.68 Å². The minimum atomic E-state index is -0.399. The van der Waals surface area contributed by atoms with E-state index in [4.69, 9.17) is 4.74 Å². The number of rotatable bonds is 2. The SMILES string of the molecule is COC(=O)C1=C(C)Nc2nnnn2[C@H]1c1cccc(C)c1. The third-order valence-electron chi connectivity index (χ3n) is 3.48. The number of anilines is 1. The molecule has 1 aliphatic rings. The standard InChI is InChI=1S/C14H15N5O2/c1-8-5-4-6-10(7-8)12-11(13(20)21-3)9(2)15-14-16-17-18-19(12)14/h4-7,12H,1-3H3,(H,15,16,18)/t12-/m0/s1. The first-order valence-corrected chi connectivity index (χ1v) is 6.52.